The Morgan fingerprint density at radius 1 is 1.16 bits per heavy atom. The first-order valence-electron chi connectivity index (χ1n) is 7.88. The standard InChI is InChI=1S/C19H17FN2O3/c20-13-6-7-14-15(11-18(24)22-16(14)10-13)19(25)21-9-8-17(23)12-4-2-1-3-5-12/h1-7,10-11,17,23H,8-9H2,(H,21,25)(H,22,24). The van der Waals surface area contributed by atoms with Crippen LogP contribution in [0, 0.1) is 5.82 Å². The Bertz CT molecular complexity index is 954. The van der Waals surface area contributed by atoms with Crippen molar-refractivity contribution in [3.63, 3.8) is 0 Å². The molecule has 0 aliphatic heterocycles. The summed E-state index contributed by atoms with van der Waals surface area (Å²) < 4.78 is 13.3. The predicted molar refractivity (Wildman–Crippen MR) is 92.9 cm³/mol. The Kier molecular flexibility index (Phi) is 4.90. The molecule has 5 nitrogen and oxygen atoms in total. The minimum Gasteiger partial charge on any atom is -0.388 e. The van der Waals surface area contributed by atoms with Gasteiger partial charge in [0, 0.05) is 18.0 Å². The molecule has 1 atom stereocenters. The van der Waals surface area contributed by atoms with E-state index in [9.17, 15) is 19.1 Å². The highest BCUT2D eigenvalue weighted by Crippen LogP contribution is 2.17. The van der Waals surface area contributed by atoms with Gasteiger partial charge in [-0.1, -0.05) is 30.3 Å². The van der Waals surface area contributed by atoms with E-state index in [4.69, 9.17) is 0 Å². The number of aromatic amines is 1. The monoisotopic (exact) mass is 340 g/mol. The number of H-pyrrole nitrogens is 1. The third-order valence-electron chi connectivity index (χ3n) is 3.94. The molecule has 0 aliphatic rings. The molecule has 1 amide bonds. The van der Waals surface area contributed by atoms with E-state index >= 15 is 0 Å². The number of nitrogens with one attached hydrogen (secondary N) is 2. The number of carbonyl (C=O) groups is 1. The van der Waals surface area contributed by atoms with Crippen LogP contribution in [-0.2, 0) is 0 Å². The number of hydrogen-bond donors (Lipinski definition) is 3. The fourth-order valence-electron chi connectivity index (χ4n) is 2.68. The van der Waals surface area contributed by atoms with E-state index < -0.39 is 23.4 Å². The second-order valence-electron chi connectivity index (χ2n) is 5.71. The van der Waals surface area contributed by atoms with Gasteiger partial charge in [0.25, 0.3) is 5.91 Å². The molecule has 1 unspecified atom stereocenters. The molecule has 1 heterocycles. The minimum atomic E-state index is -0.688. The van der Waals surface area contributed by atoms with E-state index in [2.05, 4.69) is 10.3 Å². The van der Waals surface area contributed by atoms with Crippen LogP contribution in [0.3, 0.4) is 0 Å². The second-order valence-corrected chi connectivity index (χ2v) is 5.71. The average Bonchev–Trinajstić information content (AvgIpc) is 2.61. The maximum atomic E-state index is 13.3. The molecule has 3 aromatic rings. The lowest BCUT2D eigenvalue weighted by Crippen LogP contribution is -2.27. The van der Waals surface area contributed by atoms with E-state index in [1.165, 1.54) is 24.3 Å². The number of rotatable bonds is 5. The van der Waals surface area contributed by atoms with Crippen LogP contribution in [0.25, 0.3) is 10.9 Å². The van der Waals surface area contributed by atoms with Crippen molar-refractivity contribution < 1.29 is 14.3 Å². The van der Waals surface area contributed by atoms with Crippen LogP contribution in [-0.4, -0.2) is 22.5 Å². The van der Waals surface area contributed by atoms with Gasteiger partial charge in [-0.15, -0.1) is 0 Å². The summed E-state index contributed by atoms with van der Waals surface area (Å²) in [6, 6.07) is 14.2. The van der Waals surface area contributed by atoms with Crippen LogP contribution in [0.1, 0.15) is 28.4 Å². The highest BCUT2D eigenvalue weighted by atomic mass is 19.1. The number of aromatic nitrogens is 1. The quantitative estimate of drug-likeness (QED) is 0.667. The number of amides is 1. The zero-order valence-corrected chi connectivity index (χ0v) is 13.3. The summed E-state index contributed by atoms with van der Waals surface area (Å²) in [4.78, 5) is 26.6. The van der Waals surface area contributed by atoms with E-state index in [1.54, 1.807) is 0 Å². The maximum Gasteiger partial charge on any atom is 0.252 e. The molecule has 0 spiro atoms. The molecule has 0 aliphatic carbocycles. The molecule has 0 radical (unpaired) electrons. The summed E-state index contributed by atoms with van der Waals surface area (Å²) in [5.41, 5.74) is 0.733. The highest BCUT2D eigenvalue weighted by Gasteiger charge is 2.13. The van der Waals surface area contributed by atoms with E-state index in [0.29, 0.717) is 11.8 Å². The molecule has 1 aromatic heterocycles. The number of hydrogen-bond acceptors (Lipinski definition) is 3. The van der Waals surface area contributed by atoms with Crippen LogP contribution in [0.5, 0.6) is 0 Å². The van der Waals surface area contributed by atoms with E-state index in [0.717, 1.165) is 5.56 Å². The molecule has 0 saturated carbocycles. The largest absolute Gasteiger partial charge is 0.388 e. The Labute approximate surface area is 143 Å². The van der Waals surface area contributed by atoms with Crippen molar-refractivity contribution in [2.24, 2.45) is 0 Å². The van der Waals surface area contributed by atoms with Gasteiger partial charge >= 0.3 is 0 Å². The predicted octanol–water partition coefficient (Wildman–Crippen LogP) is 2.52. The summed E-state index contributed by atoms with van der Waals surface area (Å²) in [5.74, 6) is -0.935. The lowest BCUT2D eigenvalue weighted by molar-refractivity contribution is 0.0944. The van der Waals surface area contributed by atoms with E-state index in [1.807, 2.05) is 30.3 Å². The third-order valence-corrected chi connectivity index (χ3v) is 3.94. The van der Waals surface area contributed by atoms with Crippen LogP contribution in [0.4, 0.5) is 4.39 Å². The fourth-order valence-corrected chi connectivity index (χ4v) is 2.68. The number of fused-ring (bicyclic) bond motifs is 1. The third kappa shape index (κ3) is 3.92. The molecule has 0 saturated heterocycles. The van der Waals surface area contributed by atoms with Crippen molar-refractivity contribution in [1.29, 1.82) is 0 Å². The lowest BCUT2D eigenvalue weighted by atomic mass is 10.1. The highest BCUT2D eigenvalue weighted by molar-refractivity contribution is 6.05. The van der Waals surface area contributed by atoms with Crippen molar-refractivity contribution in [3.8, 4) is 0 Å². The first-order valence-corrected chi connectivity index (χ1v) is 7.88. The molecular formula is C19H17FN2O3. The Hall–Kier alpha value is -2.99. The Balaban J connectivity index is 1.71. The number of aliphatic hydroxyl groups is 1. The number of pyridine rings is 1. The topological polar surface area (TPSA) is 82.2 Å². The SMILES string of the molecule is O=C(NCCC(O)c1ccccc1)c1cc(=O)[nH]c2cc(F)ccc12. The zero-order chi connectivity index (χ0) is 17.8. The van der Waals surface area contributed by atoms with Crippen molar-refractivity contribution in [2.75, 3.05) is 6.54 Å². The Morgan fingerprint density at radius 3 is 2.68 bits per heavy atom. The first kappa shape index (κ1) is 16.9. The van der Waals surface area contributed by atoms with Gasteiger partial charge in [-0.2, -0.15) is 0 Å². The molecule has 0 bridgehead atoms. The van der Waals surface area contributed by atoms with E-state index in [-0.39, 0.29) is 17.6 Å². The average molecular weight is 340 g/mol. The van der Waals surface area contributed by atoms with Crippen LogP contribution < -0.4 is 10.9 Å². The number of aliphatic hydroxyl groups excluding tert-OH is 1. The van der Waals surface area contributed by atoms with Crippen molar-refractivity contribution in [2.45, 2.75) is 12.5 Å². The molecule has 128 valence electrons. The zero-order valence-electron chi connectivity index (χ0n) is 13.3. The molecule has 3 rings (SSSR count). The van der Waals surface area contributed by atoms with Gasteiger partial charge in [0.05, 0.1) is 17.2 Å². The summed E-state index contributed by atoms with van der Waals surface area (Å²) in [7, 11) is 0. The molecule has 25 heavy (non-hydrogen) atoms. The minimum absolute atomic E-state index is 0.174. The number of carbonyl (C=O) groups excluding carboxylic acids is 1. The molecule has 3 N–H and O–H groups in total. The number of halogens is 1. The van der Waals surface area contributed by atoms with Crippen LogP contribution in [0.15, 0.2) is 59.4 Å². The second kappa shape index (κ2) is 7.27. The summed E-state index contributed by atoms with van der Waals surface area (Å²) in [5, 5.41) is 13.3. The molecular weight excluding hydrogens is 323 g/mol. The molecule has 2 aromatic carbocycles. The first-order chi connectivity index (χ1) is 12.0. The smallest absolute Gasteiger partial charge is 0.252 e. The van der Waals surface area contributed by atoms with Gasteiger partial charge in [0.2, 0.25) is 5.56 Å². The molecule has 6 heteroatoms. The summed E-state index contributed by atoms with van der Waals surface area (Å²) >= 11 is 0. The lowest BCUT2D eigenvalue weighted by Gasteiger charge is -2.12. The molecule has 0 fully saturated rings. The van der Waals surface area contributed by atoms with Crippen molar-refractivity contribution in [3.05, 3.63) is 81.9 Å². The van der Waals surface area contributed by atoms with Crippen molar-refractivity contribution in [1.82, 2.24) is 10.3 Å². The number of benzene rings is 2. The van der Waals surface area contributed by atoms with Gasteiger partial charge < -0.3 is 15.4 Å². The summed E-state index contributed by atoms with van der Waals surface area (Å²) in [6.45, 7) is 0.240. The normalized spacial score (nSPS) is 12.1. The fraction of sp³-hybridized carbons (Fsp3) is 0.158. The summed E-state index contributed by atoms with van der Waals surface area (Å²) in [6.07, 6.45) is -0.350. The van der Waals surface area contributed by atoms with Gasteiger partial charge in [-0.25, -0.2) is 4.39 Å². The van der Waals surface area contributed by atoms with Gasteiger partial charge in [0.1, 0.15) is 5.82 Å². The van der Waals surface area contributed by atoms with Gasteiger partial charge in [-0.3, -0.25) is 9.59 Å². The Morgan fingerprint density at radius 2 is 1.92 bits per heavy atom. The van der Waals surface area contributed by atoms with Crippen LogP contribution >= 0.6 is 0 Å². The van der Waals surface area contributed by atoms with Crippen LogP contribution in [0.2, 0.25) is 0 Å². The van der Waals surface area contributed by atoms with Crippen molar-refractivity contribution >= 4 is 16.8 Å². The van der Waals surface area contributed by atoms with Gasteiger partial charge in [-0.05, 0) is 30.2 Å². The maximum absolute atomic E-state index is 13.3. The van der Waals surface area contributed by atoms with Gasteiger partial charge in [0.15, 0.2) is 0 Å².